The van der Waals surface area contributed by atoms with Crippen LogP contribution in [0.4, 0.5) is 0 Å². The number of aliphatic carboxylic acids is 1. The summed E-state index contributed by atoms with van der Waals surface area (Å²) in [6, 6.07) is 7.08. The molecule has 1 aromatic carbocycles. The lowest BCUT2D eigenvalue weighted by Crippen LogP contribution is -2.24. The zero-order valence-electron chi connectivity index (χ0n) is 13.3. The van der Waals surface area contributed by atoms with Crippen molar-refractivity contribution >= 4 is 39.1 Å². The summed E-state index contributed by atoms with van der Waals surface area (Å²) in [5.74, 6) is -0.444. The maximum atomic E-state index is 13.1. The van der Waals surface area contributed by atoms with Gasteiger partial charge in [0.15, 0.2) is 0 Å². The highest BCUT2D eigenvalue weighted by Crippen LogP contribution is 2.35. The van der Waals surface area contributed by atoms with E-state index in [1.165, 1.54) is 9.44 Å². The number of hydrogen-bond donors (Lipinski definition) is 1. The maximum Gasteiger partial charge on any atom is 0.305 e. The highest BCUT2D eigenvalue weighted by molar-refractivity contribution is 7.18. The monoisotopic (exact) mass is 374 g/mol. The minimum atomic E-state index is -0.940. The second-order valence-corrected chi connectivity index (χ2v) is 7.60. The maximum absolute atomic E-state index is 13.1. The van der Waals surface area contributed by atoms with Gasteiger partial charge in [-0.05, 0) is 49.1 Å². The van der Waals surface area contributed by atoms with Crippen molar-refractivity contribution in [1.29, 1.82) is 0 Å². The minimum Gasteiger partial charge on any atom is -0.481 e. The van der Waals surface area contributed by atoms with E-state index in [9.17, 15) is 9.59 Å². The lowest BCUT2D eigenvalue weighted by atomic mass is 10.1. The molecule has 2 heterocycles. The van der Waals surface area contributed by atoms with Crippen LogP contribution in [0.3, 0.4) is 0 Å². The van der Waals surface area contributed by atoms with Crippen molar-refractivity contribution in [2.45, 2.75) is 32.2 Å². The van der Waals surface area contributed by atoms with Gasteiger partial charge in [-0.3, -0.25) is 14.2 Å². The van der Waals surface area contributed by atoms with Crippen molar-refractivity contribution in [2.75, 3.05) is 0 Å². The quantitative estimate of drug-likeness (QED) is 0.755. The number of fused-ring (bicyclic) bond motifs is 3. The molecule has 0 aliphatic heterocycles. The van der Waals surface area contributed by atoms with Crippen LogP contribution >= 0.6 is 22.9 Å². The molecule has 0 unspecified atom stereocenters. The molecule has 7 heteroatoms. The number of rotatable bonds is 4. The Balaban J connectivity index is 1.96. The standard InChI is InChI=1S/C18H15ClN2O3S/c19-11-6-4-10(5-7-11)16-20-17-15(12-2-1-3-13(12)25-17)18(24)21(16)9-8-14(22)23/h4-7H,1-3,8-9H2,(H,22,23). The van der Waals surface area contributed by atoms with Gasteiger partial charge in [-0.2, -0.15) is 0 Å². The van der Waals surface area contributed by atoms with E-state index in [1.807, 2.05) is 0 Å². The van der Waals surface area contributed by atoms with Crippen LogP contribution < -0.4 is 5.56 Å². The van der Waals surface area contributed by atoms with Gasteiger partial charge in [-0.1, -0.05) is 11.6 Å². The summed E-state index contributed by atoms with van der Waals surface area (Å²) in [7, 11) is 0. The number of aromatic nitrogens is 2. The largest absolute Gasteiger partial charge is 0.481 e. The molecule has 0 spiro atoms. The van der Waals surface area contributed by atoms with Crippen molar-refractivity contribution in [3.05, 3.63) is 50.1 Å². The topological polar surface area (TPSA) is 72.2 Å². The molecule has 0 radical (unpaired) electrons. The summed E-state index contributed by atoms with van der Waals surface area (Å²) in [5.41, 5.74) is 1.71. The molecular weight excluding hydrogens is 360 g/mol. The Hall–Kier alpha value is -2.18. The minimum absolute atomic E-state index is 0.0969. The van der Waals surface area contributed by atoms with Crippen LogP contribution in [0.1, 0.15) is 23.3 Å². The summed E-state index contributed by atoms with van der Waals surface area (Å²) >= 11 is 7.53. The molecule has 0 saturated heterocycles. The molecule has 1 N–H and O–H groups in total. The predicted molar refractivity (Wildman–Crippen MR) is 98.6 cm³/mol. The average Bonchev–Trinajstić information content (AvgIpc) is 3.14. The van der Waals surface area contributed by atoms with E-state index in [0.717, 1.165) is 35.2 Å². The molecule has 0 fully saturated rings. The zero-order valence-corrected chi connectivity index (χ0v) is 14.9. The Morgan fingerprint density at radius 1 is 1.28 bits per heavy atom. The molecule has 0 saturated carbocycles. The third kappa shape index (κ3) is 2.85. The third-order valence-electron chi connectivity index (χ3n) is 4.48. The number of thiophene rings is 1. The van der Waals surface area contributed by atoms with Crippen molar-refractivity contribution < 1.29 is 9.90 Å². The lowest BCUT2D eigenvalue weighted by molar-refractivity contribution is -0.137. The fourth-order valence-electron chi connectivity index (χ4n) is 3.31. The van der Waals surface area contributed by atoms with E-state index in [-0.39, 0.29) is 18.5 Å². The van der Waals surface area contributed by atoms with E-state index in [2.05, 4.69) is 0 Å². The summed E-state index contributed by atoms with van der Waals surface area (Å²) < 4.78 is 1.49. The van der Waals surface area contributed by atoms with Gasteiger partial charge < -0.3 is 5.11 Å². The molecular formula is C18H15ClN2O3S. The molecule has 0 bridgehead atoms. The summed E-state index contributed by atoms with van der Waals surface area (Å²) in [4.78, 5) is 30.9. The van der Waals surface area contributed by atoms with Crippen LogP contribution in [0.5, 0.6) is 0 Å². The van der Waals surface area contributed by atoms with E-state index < -0.39 is 5.97 Å². The van der Waals surface area contributed by atoms with Crippen molar-refractivity contribution in [3.8, 4) is 11.4 Å². The molecule has 128 valence electrons. The second-order valence-electron chi connectivity index (χ2n) is 6.08. The van der Waals surface area contributed by atoms with Crippen LogP contribution in [0, 0.1) is 0 Å². The number of nitrogens with zero attached hydrogens (tertiary/aromatic N) is 2. The van der Waals surface area contributed by atoms with Gasteiger partial charge in [-0.25, -0.2) is 4.98 Å². The number of hydrogen-bond acceptors (Lipinski definition) is 4. The Kier molecular flexibility index (Phi) is 4.09. The van der Waals surface area contributed by atoms with Crippen molar-refractivity contribution in [3.63, 3.8) is 0 Å². The highest BCUT2D eigenvalue weighted by Gasteiger charge is 2.23. The molecule has 5 nitrogen and oxygen atoms in total. The lowest BCUT2D eigenvalue weighted by Gasteiger charge is -2.12. The van der Waals surface area contributed by atoms with Crippen LogP contribution in [0.15, 0.2) is 29.1 Å². The smallest absolute Gasteiger partial charge is 0.305 e. The Bertz CT molecular complexity index is 1040. The molecule has 4 rings (SSSR count). The number of aryl methyl sites for hydroxylation is 2. The van der Waals surface area contributed by atoms with Crippen LogP contribution in [-0.2, 0) is 24.2 Å². The SMILES string of the molecule is O=C(O)CCn1c(-c2ccc(Cl)cc2)nc2sc3c(c2c1=O)CCC3. The molecule has 25 heavy (non-hydrogen) atoms. The Morgan fingerprint density at radius 2 is 2.04 bits per heavy atom. The van der Waals surface area contributed by atoms with Crippen molar-refractivity contribution in [1.82, 2.24) is 9.55 Å². The van der Waals surface area contributed by atoms with Gasteiger partial charge in [0.25, 0.3) is 5.56 Å². The molecule has 0 atom stereocenters. The molecule has 0 amide bonds. The highest BCUT2D eigenvalue weighted by atomic mass is 35.5. The molecule has 3 aromatic rings. The zero-order chi connectivity index (χ0) is 17.6. The van der Waals surface area contributed by atoms with Gasteiger partial charge in [0.2, 0.25) is 0 Å². The number of carboxylic acids is 1. The second kappa shape index (κ2) is 6.28. The first kappa shape index (κ1) is 16.3. The Labute approximate surface area is 152 Å². The normalized spacial score (nSPS) is 13.3. The van der Waals surface area contributed by atoms with Crippen LogP contribution in [-0.4, -0.2) is 20.6 Å². The third-order valence-corrected chi connectivity index (χ3v) is 5.91. The number of carbonyl (C=O) groups is 1. The van der Waals surface area contributed by atoms with Gasteiger partial charge in [0.1, 0.15) is 10.7 Å². The van der Waals surface area contributed by atoms with E-state index in [1.54, 1.807) is 35.6 Å². The van der Waals surface area contributed by atoms with E-state index in [0.29, 0.717) is 16.2 Å². The number of benzene rings is 1. The van der Waals surface area contributed by atoms with E-state index >= 15 is 0 Å². The van der Waals surface area contributed by atoms with Crippen molar-refractivity contribution in [2.24, 2.45) is 0 Å². The van der Waals surface area contributed by atoms with Gasteiger partial charge in [0, 0.05) is 22.0 Å². The average molecular weight is 375 g/mol. The van der Waals surface area contributed by atoms with E-state index in [4.69, 9.17) is 21.7 Å². The first-order chi connectivity index (χ1) is 12.0. The number of halogens is 1. The van der Waals surface area contributed by atoms with Crippen LogP contribution in [0.2, 0.25) is 5.02 Å². The fourth-order valence-corrected chi connectivity index (χ4v) is 4.69. The summed E-state index contributed by atoms with van der Waals surface area (Å²) in [6.07, 6.45) is 2.82. The van der Waals surface area contributed by atoms with Gasteiger partial charge in [0.05, 0.1) is 11.8 Å². The first-order valence-electron chi connectivity index (χ1n) is 8.07. The van der Waals surface area contributed by atoms with Crippen LogP contribution in [0.25, 0.3) is 21.6 Å². The fraction of sp³-hybridized carbons (Fsp3) is 0.278. The van der Waals surface area contributed by atoms with Gasteiger partial charge >= 0.3 is 5.97 Å². The summed E-state index contributed by atoms with van der Waals surface area (Å²) in [6.45, 7) is 0.0969. The van der Waals surface area contributed by atoms with Gasteiger partial charge in [-0.15, -0.1) is 11.3 Å². The summed E-state index contributed by atoms with van der Waals surface area (Å²) in [5, 5.41) is 10.3. The molecule has 2 aromatic heterocycles. The molecule has 1 aliphatic carbocycles. The first-order valence-corrected chi connectivity index (χ1v) is 9.27. The molecule has 1 aliphatic rings. The number of carboxylic acid groups (broad SMARTS) is 1. The Morgan fingerprint density at radius 3 is 2.76 bits per heavy atom. The predicted octanol–water partition coefficient (Wildman–Crippen LogP) is 3.74.